The smallest absolute Gasteiger partial charge is 0.258 e. The number of phenolic OH excluding ortho intramolecular Hbond substituents is 1. The van der Waals surface area contributed by atoms with Crippen molar-refractivity contribution in [2.45, 2.75) is 19.4 Å². The van der Waals surface area contributed by atoms with E-state index in [0.717, 1.165) is 18.6 Å². The summed E-state index contributed by atoms with van der Waals surface area (Å²) < 4.78 is 13.1. The zero-order chi connectivity index (χ0) is 13.3. The van der Waals surface area contributed by atoms with Gasteiger partial charge in [-0.1, -0.05) is 6.92 Å². The highest BCUT2D eigenvalue weighted by Gasteiger charge is 2.34. The lowest BCUT2D eigenvalue weighted by Crippen LogP contribution is -2.42. The Balaban J connectivity index is 2.28. The van der Waals surface area contributed by atoms with E-state index in [1.54, 1.807) is 4.90 Å². The molecular weight excluding hydrogens is 235 g/mol. The first-order valence-corrected chi connectivity index (χ1v) is 6.04. The number of benzene rings is 1. The molecular formula is C13H17FN2O2. The van der Waals surface area contributed by atoms with Crippen molar-refractivity contribution in [2.24, 2.45) is 11.7 Å². The van der Waals surface area contributed by atoms with E-state index in [9.17, 15) is 14.3 Å². The fourth-order valence-electron chi connectivity index (χ4n) is 2.45. The van der Waals surface area contributed by atoms with Crippen LogP contribution in [0.5, 0.6) is 5.75 Å². The molecule has 0 bridgehead atoms. The van der Waals surface area contributed by atoms with Gasteiger partial charge in [0.25, 0.3) is 5.91 Å². The molecule has 1 aromatic carbocycles. The minimum Gasteiger partial charge on any atom is -0.507 e. The summed E-state index contributed by atoms with van der Waals surface area (Å²) in [6, 6.07) is 3.34. The SMILES string of the molecule is CC1CCN(C(=O)c2cc(F)ccc2O)C1CN. The third-order valence-corrected chi connectivity index (χ3v) is 3.57. The van der Waals surface area contributed by atoms with Gasteiger partial charge in [0.05, 0.1) is 5.56 Å². The molecule has 0 radical (unpaired) electrons. The first-order chi connectivity index (χ1) is 8.54. The maximum Gasteiger partial charge on any atom is 0.258 e. The fourth-order valence-corrected chi connectivity index (χ4v) is 2.45. The van der Waals surface area contributed by atoms with Gasteiger partial charge >= 0.3 is 0 Å². The summed E-state index contributed by atoms with van der Waals surface area (Å²) in [7, 11) is 0. The molecule has 1 aromatic rings. The van der Waals surface area contributed by atoms with Crippen molar-refractivity contribution in [3.05, 3.63) is 29.6 Å². The van der Waals surface area contributed by atoms with Crippen molar-refractivity contribution in [2.75, 3.05) is 13.1 Å². The predicted molar refractivity (Wildman–Crippen MR) is 65.7 cm³/mol. The molecule has 0 aliphatic carbocycles. The summed E-state index contributed by atoms with van der Waals surface area (Å²) in [5.41, 5.74) is 5.67. The molecule has 1 saturated heterocycles. The van der Waals surface area contributed by atoms with Crippen molar-refractivity contribution in [1.82, 2.24) is 4.90 Å². The van der Waals surface area contributed by atoms with E-state index in [-0.39, 0.29) is 23.3 Å². The van der Waals surface area contributed by atoms with E-state index in [2.05, 4.69) is 0 Å². The largest absolute Gasteiger partial charge is 0.507 e. The number of amides is 1. The summed E-state index contributed by atoms with van der Waals surface area (Å²) >= 11 is 0. The van der Waals surface area contributed by atoms with Crippen LogP contribution in [-0.4, -0.2) is 35.0 Å². The van der Waals surface area contributed by atoms with E-state index in [0.29, 0.717) is 19.0 Å². The molecule has 0 spiro atoms. The van der Waals surface area contributed by atoms with Crippen molar-refractivity contribution < 1.29 is 14.3 Å². The van der Waals surface area contributed by atoms with Gasteiger partial charge in [0.1, 0.15) is 11.6 Å². The van der Waals surface area contributed by atoms with Gasteiger partial charge in [-0.15, -0.1) is 0 Å². The average Bonchev–Trinajstić information content (AvgIpc) is 2.72. The second-order valence-corrected chi connectivity index (χ2v) is 4.73. The molecule has 2 atom stereocenters. The Morgan fingerprint density at radius 1 is 1.61 bits per heavy atom. The maximum absolute atomic E-state index is 13.1. The molecule has 1 heterocycles. The maximum atomic E-state index is 13.1. The lowest BCUT2D eigenvalue weighted by molar-refractivity contribution is 0.0724. The summed E-state index contributed by atoms with van der Waals surface area (Å²) in [5.74, 6) is -0.758. The highest BCUT2D eigenvalue weighted by atomic mass is 19.1. The first kappa shape index (κ1) is 12.8. The van der Waals surface area contributed by atoms with Gasteiger partial charge in [0, 0.05) is 19.1 Å². The van der Waals surface area contributed by atoms with Crippen LogP contribution in [0, 0.1) is 11.7 Å². The monoisotopic (exact) mass is 252 g/mol. The van der Waals surface area contributed by atoms with Crippen molar-refractivity contribution >= 4 is 5.91 Å². The summed E-state index contributed by atoms with van der Waals surface area (Å²) in [6.07, 6.45) is 0.879. The van der Waals surface area contributed by atoms with Crippen LogP contribution in [0.1, 0.15) is 23.7 Å². The van der Waals surface area contributed by atoms with Gasteiger partial charge in [-0.3, -0.25) is 4.79 Å². The van der Waals surface area contributed by atoms with Crippen LogP contribution in [0.3, 0.4) is 0 Å². The van der Waals surface area contributed by atoms with Crippen LogP contribution in [0.15, 0.2) is 18.2 Å². The topological polar surface area (TPSA) is 66.6 Å². The number of aromatic hydroxyl groups is 1. The van der Waals surface area contributed by atoms with Crippen LogP contribution in [0.4, 0.5) is 4.39 Å². The van der Waals surface area contributed by atoms with Gasteiger partial charge in [-0.05, 0) is 30.5 Å². The lowest BCUT2D eigenvalue weighted by Gasteiger charge is -2.26. The van der Waals surface area contributed by atoms with Crippen LogP contribution >= 0.6 is 0 Å². The number of hydrogen-bond acceptors (Lipinski definition) is 3. The summed E-state index contributed by atoms with van der Waals surface area (Å²) in [4.78, 5) is 13.9. The van der Waals surface area contributed by atoms with Crippen LogP contribution in [0.2, 0.25) is 0 Å². The van der Waals surface area contributed by atoms with E-state index < -0.39 is 5.82 Å². The second-order valence-electron chi connectivity index (χ2n) is 4.73. The van der Waals surface area contributed by atoms with Crippen LogP contribution < -0.4 is 5.73 Å². The molecule has 0 saturated carbocycles. The standard InChI is InChI=1S/C13H17FN2O2/c1-8-4-5-16(11(8)7-15)13(18)10-6-9(14)2-3-12(10)17/h2-3,6,8,11,17H,4-5,7,15H2,1H3. The molecule has 3 N–H and O–H groups in total. The summed E-state index contributed by atoms with van der Waals surface area (Å²) in [5, 5.41) is 9.65. The molecule has 1 aliphatic heterocycles. The highest BCUT2D eigenvalue weighted by molar-refractivity contribution is 5.97. The number of halogens is 1. The third kappa shape index (κ3) is 2.18. The Hall–Kier alpha value is -1.62. The Morgan fingerprint density at radius 3 is 3.00 bits per heavy atom. The number of rotatable bonds is 2. The molecule has 18 heavy (non-hydrogen) atoms. The molecule has 98 valence electrons. The average molecular weight is 252 g/mol. The van der Waals surface area contributed by atoms with E-state index >= 15 is 0 Å². The lowest BCUT2D eigenvalue weighted by atomic mass is 10.0. The number of phenols is 1. The number of hydrogen-bond donors (Lipinski definition) is 2. The normalized spacial score (nSPS) is 23.4. The van der Waals surface area contributed by atoms with E-state index in [4.69, 9.17) is 5.73 Å². The van der Waals surface area contributed by atoms with E-state index in [1.165, 1.54) is 6.07 Å². The van der Waals surface area contributed by atoms with Crippen LogP contribution in [0.25, 0.3) is 0 Å². The molecule has 0 aromatic heterocycles. The Morgan fingerprint density at radius 2 is 2.33 bits per heavy atom. The predicted octanol–water partition coefficient (Wildman–Crippen LogP) is 1.34. The highest BCUT2D eigenvalue weighted by Crippen LogP contribution is 2.27. The third-order valence-electron chi connectivity index (χ3n) is 3.57. The van der Waals surface area contributed by atoms with Gasteiger partial charge in [-0.25, -0.2) is 4.39 Å². The molecule has 5 heteroatoms. The van der Waals surface area contributed by atoms with Crippen LogP contribution in [-0.2, 0) is 0 Å². The van der Waals surface area contributed by atoms with E-state index in [1.807, 2.05) is 6.92 Å². The number of nitrogens with zero attached hydrogens (tertiary/aromatic N) is 1. The minimum atomic E-state index is -0.535. The molecule has 4 nitrogen and oxygen atoms in total. The Labute approximate surface area is 105 Å². The van der Waals surface area contributed by atoms with Gasteiger partial charge < -0.3 is 15.7 Å². The Bertz CT molecular complexity index is 464. The number of likely N-dealkylation sites (tertiary alicyclic amines) is 1. The van der Waals surface area contributed by atoms with Gasteiger partial charge in [-0.2, -0.15) is 0 Å². The Kier molecular flexibility index (Phi) is 3.52. The number of carbonyl (C=O) groups is 1. The zero-order valence-electron chi connectivity index (χ0n) is 10.3. The minimum absolute atomic E-state index is 0.00236. The summed E-state index contributed by atoms with van der Waals surface area (Å²) in [6.45, 7) is 3.01. The van der Waals surface area contributed by atoms with Gasteiger partial charge in [0.15, 0.2) is 0 Å². The van der Waals surface area contributed by atoms with Gasteiger partial charge in [0.2, 0.25) is 0 Å². The molecule has 1 amide bonds. The molecule has 1 fully saturated rings. The number of carbonyl (C=O) groups excluding carboxylic acids is 1. The number of nitrogens with two attached hydrogens (primary N) is 1. The van der Waals surface area contributed by atoms with Crippen molar-refractivity contribution in [3.8, 4) is 5.75 Å². The second kappa shape index (κ2) is 4.94. The zero-order valence-corrected chi connectivity index (χ0v) is 10.3. The first-order valence-electron chi connectivity index (χ1n) is 6.04. The molecule has 1 aliphatic rings. The molecule has 2 rings (SSSR count). The van der Waals surface area contributed by atoms with Crippen molar-refractivity contribution in [3.63, 3.8) is 0 Å². The fraction of sp³-hybridized carbons (Fsp3) is 0.462. The quantitative estimate of drug-likeness (QED) is 0.834. The van der Waals surface area contributed by atoms with Crippen molar-refractivity contribution in [1.29, 1.82) is 0 Å². The molecule has 2 unspecified atom stereocenters.